The Morgan fingerprint density at radius 1 is 1.47 bits per heavy atom. The molecule has 5 nitrogen and oxygen atoms in total. The molecule has 2 atom stereocenters. The van der Waals surface area contributed by atoms with E-state index in [0.29, 0.717) is 6.54 Å². The van der Waals surface area contributed by atoms with Gasteiger partial charge in [0.2, 0.25) is 0 Å². The number of carboxylic acids is 1. The summed E-state index contributed by atoms with van der Waals surface area (Å²) in [6.07, 6.45) is 1.81. The van der Waals surface area contributed by atoms with Crippen molar-refractivity contribution >= 4 is 23.8 Å². The van der Waals surface area contributed by atoms with E-state index in [2.05, 4.69) is 5.32 Å². The van der Waals surface area contributed by atoms with E-state index >= 15 is 0 Å². The van der Waals surface area contributed by atoms with Crippen LogP contribution in [0.3, 0.4) is 0 Å². The standard InChI is InChI=1S/C11H18N2O3S/c1-7-6-17-5-4-13(7)11(16)12-9(10(14)15)8-2-3-8/h7-9H,2-6H2,1H3,(H,12,16)(H,14,15). The van der Waals surface area contributed by atoms with E-state index < -0.39 is 12.0 Å². The van der Waals surface area contributed by atoms with E-state index in [9.17, 15) is 9.59 Å². The molecule has 1 aliphatic heterocycles. The van der Waals surface area contributed by atoms with Crippen molar-refractivity contribution in [1.82, 2.24) is 10.2 Å². The van der Waals surface area contributed by atoms with Crippen LogP contribution in [-0.2, 0) is 4.79 Å². The minimum Gasteiger partial charge on any atom is -0.480 e. The van der Waals surface area contributed by atoms with Crippen molar-refractivity contribution in [2.24, 2.45) is 5.92 Å². The number of aliphatic carboxylic acids is 1. The SMILES string of the molecule is CC1CSCCN1C(=O)NC(C(=O)O)C1CC1. The third-order valence-electron chi connectivity index (χ3n) is 3.27. The second kappa shape index (κ2) is 5.16. The second-order valence-corrected chi connectivity index (χ2v) is 5.87. The molecule has 2 aliphatic rings. The monoisotopic (exact) mass is 258 g/mol. The number of nitrogens with zero attached hydrogens (tertiary/aromatic N) is 1. The Kier molecular flexibility index (Phi) is 3.81. The highest BCUT2D eigenvalue weighted by molar-refractivity contribution is 7.99. The lowest BCUT2D eigenvalue weighted by Crippen LogP contribution is -2.54. The molecule has 2 unspecified atom stereocenters. The average Bonchev–Trinajstić information content (AvgIpc) is 3.09. The summed E-state index contributed by atoms with van der Waals surface area (Å²) < 4.78 is 0. The van der Waals surface area contributed by atoms with Crippen LogP contribution in [0.4, 0.5) is 4.79 Å². The number of carbonyl (C=O) groups excluding carboxylic acids is 1. The molecule has 0 aromatic heterocycles. The van der Waals surface area contributed by atoms with Crippen molar-refractivity contribution in [1.29, 1.82) is 0 Å². The van der Waals surface area contributed by atoms with Gasteiger partial charge in [0, 0.05) is 24.1 Å². The predicted octanol–water partition coefficient (Wildman–Crippen LogP) is 0.996. The van der Waals surface area contributed by atoms with Gasteiger partial charge in [0.1, 0.15) is 6.04 Å². The lowest BCUT2D eigenvalue weighted by atomic mass is 10.2. The molecule has 6 heteroatoms. The summed E-state index contributed by atoms with van der Waals surface area (Å²) in [5, 5.41) is 11.7. The third kappa shape index (κ3) is 3.06. The Morgan fingerprint density at radius 2 is 2.18 bits per heavy atom. The van der Waals surface area contributed by atoms with Crippen molar-refractivity contribution in [3.8, 4) is 0 Å². The van der Waals surface area contributed by atoms with Crippen LogP contribution in [0, 0.1) is 5.92 Å². The fraction of sp³-hybridized carbons (Fsp3) is 0.818. The Hall–Kier alpha value is -0.910. The van der Waals surface area contributed by atoms with Crippen LogP contribution in [0.2, 0.25) is 0 Å². The van der Waals surface area contributed by atoms with Crippen molar-refractivity contribution in [3.63, 3.8) is 0 Å². The molecule has 0 bridgehead atoms. The van der Waals surface area contributed by atoms with Gasteiger partial charge in [0.25, 0.3) is 0 Å². The normalized spacial score (nSPS) is 26.4. The Labute approximate surface area is 105 Å². The van der Waals surface area contributed by atoms with Crippen LogP contribution < -0.4 is 5.32 Å². The molecule has 2 amide bonds. The Bertz CT molecular complexity index is 320. The fourth-order valence-electron chi connectivity index (χ4n) is 2.06. The summed E-state index contributed by atoms with van der Waals surface area (Å²) in [6, 6.07) is -0.747. The second-order valence-electron chi connectivity index (χ2n) is 4.72. The van der Waals surface area contributed by atoms with Crippen molar-refractivity contribution in [3.05, 3.63) is 0 Å². The molecule has 2 fully saturated rings. The quantitative estimate of drug-likeness (QED) is 0.792. The first-order valence-corrected chi connectivity index (χ1v) is 7.12. The molecule has 96 valence electrons. The van der Waals surface area contributed by atoms with E-state index in [1.165, 1.54) is 0 Å². The number of urea groups is 1. The zero-order valence-electron chi connectivity index (χ0n) is 9.89. The molecule has 0 spiro atoms. The van der Waals surface area contributed by atoms with Crippen molar-refractivity contribution < 1.29 is 14.7 Å². The Balaban J connectivity index is 1.92. The van der Waals surface area contributed by atoms with Gasteiger partial charge < -0.3 is 15.3 Å². The average molecular weight is 258 g/mol. The van der Waals surface area contributed by atoms with E-state index in [-0.39, 0.29) is 18.0 Å². The molecule has 1 saturated carbocycles. The molecule has 1 aliphatic carbocycles. The molecule has 0 radical (unpaired) electrons. The van der Waals surface area contributed by atoms with Crippen molar-refractivity contribution in [2.45, 2.75) is 31.8 Å². The highest BCUT2D eigenvalue weighted by atomic mass is 32.2. The van der Waals surface area contributed by atoms with Crippen LogP contribution in [0.5, 0.6) is 0 Å². The first-order valence-electron chi connectivity index (χ1n) is 5.97. The van der Waals surface area contributed by atoms with Gasteiger partial charge in [-0.05, 0) is 25.7 Å². The molecule has 0 aromatic rings. The topological polar surface area (TPSA) is 69.6 Å². The summed E-state index contributed by atoms with van der Waals surface area (Å²) in [5.41, 5.74) is 0. The molecule has 1 heterocycles. The summed E-state index contributed by atoms with van der Waals surface area (Å²) in [5.74, 6) is 1.07. The van der Waals surface area contributed by atoms with Crippen LogP contribution >= 0.6 is 11.8 Å². The summed E-state index contributed by atoms with van der Waals surface area (Å²) >= 11 is 1.83. The van der Waals surface area contributed by atoms with Gasteiger partial charge in [-0.1, -0.05) is 0 Å². The Morgan fingerprint density at radius 3 is 2.71 bits per heavy atom. The minimum atomic E-state index is -0.917. The van der Waals surface area contributed by atoms with Gasteiger partial charge in [0.15, 0.2) is 0 Å². The van der Waals surface area contributed by atoms with E-state index in [1.54, 1.807) is 4.90 Å². The number of carbonyl (C=O) groups is 2. The predicted molar refractivity (Wildman–Crippen MR) is 66.2 cm³/mol. The lowest BCUT2D eigenvalue weighted by molar-refractivity contribution is -0.139. The van der Waals surface area contributed by atoms with Gasteiger partial charge in [0.05, 0.1) is 0 Å². The maximum Gasteiger partial charge on any atom is 0.326 e. The van der Waals surface area contributed by atoms with E-state index in [4.69, 9.17) is 5.11 Å². The maximum atomic E-state index is 12.0. The summed E-state index contributed by atoms with van der Waals surface area (Å²) in [6.45, 7) is 2.70. The van der Waals surface area contributed by atoms with Gasteiger partial charge in [-0.2, -0.15) is 11.8 Å². The smallest absolute Gasteiger partial charge is 0.326 e. The molecular weight excluding hydrogens is 240 g/mol. The summed E-state index contributed by atoms with van der Waals surface area (Å²) in [7, 11) is 0. The van der Waals surface area contributed by atoms with Crippen LogP contribution in [-0.4, -0.2) is 52.1 Å². The van der Waals surface area contributed by atoms with Crippen LogP contribution in [0.1, 0.15) is 19.8 Å². The largest absolute Gasteiger partial charge is 0.480 e. The summed E-state index contributed by atoms with van der Waals surface area (Å²) in [4.78, 5) is 24.8. The lowest BCUT2D eigenvalue weighted by Gasteiger charge is -2.33. The van der Waals surface area contributed by atoms with Crippen LogP contribution in [0.25, 0.3) is 0 Å². The molecule has 0 aromatic carbocycles. The zero-order valence-corrected chi connectivity index (χ0v) is 10.7. The zero-order chi connectivity index (χ0) is 12.4. The number of hydrogen-bond donors (Lipinski definition) is 2. The van der Waals surface area contributed by atoms with Crippen molar-refractivity contribution in [2.75, 3.05) is 18.1 Å². The van der Waals surface area contributed by atoms with Gasteiger partial charge in [-0.25, -0.2) is 9.59 Å². The highest BCUT2D eigenvalue weighted by Crippen LogP contribution is 2.33. The number of carboxylic acid groups (broad SMARTS) is 1. The first-order chi connectivity index (χ1) is 8.09. The molecular formula is C11H18N2O3S. The molecule has 17 heavy (non-hydrogen) atoms. The fourth-order valence-corrected chi connectivity index (χ4v) is 3.07. The number of nitrogens with one attached hydrogen (secondary N) is 1. The van der Waals surface area contributed by atoms with E-state index in [1.807, 2.05) is 18.7 Å². The third-order valence-corrected chi connectivity index (χ3v) is 4.46. The number of hydrogen-bond acceptors (Lipinski definition) is 3. The maximum absolute atomic E-state index is 12.0. The first kappa shape index (κ1) is 12.5. The highest BCUT2D eigenvalue weighted by Gasteiger charge is 2.38. The van der Waals surface area contributed by atoms with Gasteiger partial charge >= 0.3 is 12.0 Å². The molecule has 2 rings (SSSR count). The molecule has 2 N–H and O–H groups in total. The number of rotatable bonds is 3. The van der Waals surface area contributed by atoms with Gasteiger partial charge in [-0.3, -0.25) is 0 Å². The van der Waals surface area contributed by atoms with E-state index in [0.717, 1.165) is 24.3 Å². The number of thioether (sulfide) groups is 1. The van der Waals surface area contributed by atoms with Crippen LogP contribution in [0.15, 0.2) is 0 Å². The molecule has 1 saturated heterocycles. The van der Waals surface area contributed by atoms with Gasteiger partial charge in [-0.15, -0.1) is 0 Å². The minimum absolute atomic E-state index is 0.130. The number of amides is 2.